The molecule has 10 nitrogen and oxygen atoms in total. The van der Waals surface area contributed by atoms with Crippen LogP contribution < -0.4 is 0 Å². The van der Waals surface area contributed by atoms with Crippen molar-refractivity contribution < 1.29 is 33.0 Å². The van der Waals surface area contributed by atoms with Crippen molar-refractivity contribution >= 4 is 38.6 Å². The van der Waals surface area contributed by atoms with Crippen molar-refractivity contribution in [1.82, 2.24) is 13.5 Å². The number of carbonyl (C=O) groups is 3. The van der Waals surface area contributed by atoms with Crippen LogP contribution in [-0.2, 0) is 32.6 Å². The number of rotatable bonds is 5. The van der Waals surface area contributed by atoms with Crippen molar-refractivity contribution in [1.29, 1.82) is 0 Å². The number of aryl methyl sites for hydroxylation is 1. The molecule has 11 heteroatoms. The maximum Gasteiger partial charge on any atom is 0.328 e. The highest BCUT2D eigenvalue weighted by molar-refractivity contribution is 7.89. The molecule has 0 amide bonds. The molecule has 1 aromatic carbocycles. The van der Waals surface area contributed by atoms with Crippen LogP contribution in [-0.4, -0.2) is 56.1 Å². The Kier molecular flexibility index (Phi) is 6.82. The number of ketones is 1. The predicted molar refractivity (Wildman–Crippen MR) is 120 cm³/mol. The molecule has 4 rings (SSSR count). The first kappa shape index (κ1) is 23.9. The zero-order chi connectivity index (χ0) is 24.3. The monoisotopic (exact) mass is 473 g/mol. The second-order valence-corrected chi connectivity index (χ2v) is 9.43. The average molecular weight is 474 g/mol. The third kappa shape index (κ3) is 5.20. The number of Topliss-reactive ketones (excluding diaryl/α,β-unsaturated/α-hetero) is 1. The summed E-state index contributed by atoms with van der Waals surface area (Å²) in [6.07, 6.45) is 7.10. The number of para-hydroxylation sites is 1. The van der Waals surface area contributed by atoms with Gasteiger partial charge in [-0.3, -0.25) is 4.79 Å². The summed E-state index contributed by atoms with van der Waals surface area (Å²) < 4.78 is 27.9. The van der Waals surface area contributed by atoms with Gasteiger partial charge in [-0.2, -0.15) is 0 Å². The van der Waals surface area contributed by atoms with Gasteiger partial charge in [0, 0.05) is 53.7 Å². The maximum absolute atomic E-state index is 13.2. The van der Waals surface area contributed by atoms with Gasteiger partial charge in [-0.1, -0.05) is 18.2 Å². The van der Waals surface area contributed by atoms with E-state index in [2.05, 4.69) is 4.98 Å². The van der Waals surface area contributed by atoms with Gasteiger partial charge >= 0.3 is 11.9 Å². The van der Waals surface area contributed by atoms with Crippen LogP contribution in [0.15, 0.2) is 48.8 Å². The maximum atomic E-state index is 13.2. The molecule has 0 aliphatic heterocycles. The Morgan fingerprint density at radius 3 is 2.36 bits per heavy atom. The summed E-state index contributed by atoms with van der Waals surface area (Å²) in [6.45, 7) is 2.48. The van der Waals surface area contributed by atoms with E-state index in [1.165, 1.54) is 10.2 Å². The lowest BCUT2D eigenvalue weighted by Gasteiger charge is -2.23. The van der Waals surface area contributed by atoms with Crippen molar-refractivity contribution in [3.63, 3.8) is 0 Å². The fraction of sp³-hybridized carbons (Fsp3) is 0.273. The number of carbonyl (C=O) groups excluding carboxylic acids is 1. The molecule has 0 saturated heterocycles. The van der Waals surface area contributed by atoms with Crippen molar-refractivity contribution in [3.05, 3.63) is 65.9 Å². The molecule has 2 aromatic heterocycles. The number of hydrogen-bond acceptors (Lipinski definition) is 6. The Morgan fingerprint density at radius 2 is 1.82 bits per heavy atom. The summed E-state index contributed by atoms with van der Waals surface area (Å²) in [5.41, 5.74) is 1.77. The molecule has 1 unspecified atom stereocenters. The molecule has 2 heterocycles. The van der Waals surface area contributed by atoms with Crippen molar-refractivity contribution in [2.45, 2.75) is 26.3 Å². The van der Waals surface area contributed by atoms with E-state index in [9.17, 15) is 22.8 Å². The quantitative estimate of drug-likeness (QED) is 0.535. The zero-order valence-electron chi connectivity index (χ0n) is 18.0. The predicted octanol–water partition coefficient (Wildman–Crippen LogP) is 2.11. The normalized spacial score (nSPS) is 15.8. The molecule has 0 spiro atoms. The molecule has 0 radical (unpaired) electrons. The van der Waals surface area contributed by atoms with E-state index in [-0.39, 0.29) is 11.7 Å². The molecule has 2 N–H and O–H groups in total. The molecule has 0 saturated carbocycles. The Morgan fingerprint density at radius 1 is 1.18 bits per heavy atom. The number of aromatic nitrogens is 3. The van der Waals surface area contributed by atoms with E-state index in [1.54, 1.807) is 18.3 Å². The lowest BCUT2D eigenvalue weighted by atomic mass is 9.85. The summed E-state index contributed by atoms with van der Waals surface area (Å²) in [5.74, 6) is -1.79. The minimum absolute atomic E-state index is 0.0213. The van der Waals surface area contributed by atoms with Crippen LogP contribution in [0.25, 0.3) is 10.9 Å². The number of benzene rings is 1. The summed E-state index contributed by atoms with van der Waals surface area (Å²) in [7, 11) is -3.48. The Bertz CT molecular complexity index is 1350. The molecule has 33 heavy (non-hydrogen) atoms. The number of fused-ring (bicyclic) bond motifs is 3. The molecule has 1 aliphatic rings. The van der Waals surface area contributed by atoms with Crippen molar-refractivity contribution in [2.24, 2.45) is 5.92 Å². The molecule has 1 aliphatic carbocycles. The third-order valence-electron chi connectivity index (χ3n) is 5.31. The second kappa shape index (κ2) is 9.41. The fourth-order valence-electron chi connectivity index (χ4n) is 3.94. The smallest absolute Gasteiger partial charge is 0.328 e. The Hall–Kier alpha value is -3.73. The van der Waals surface area contributed by atoms with E-state index in [1.807, 2.05) is 29.8 Å². The van der Waals surface area contributed by atoms with Gasteiger partial charge in [0.15, 0.2) is 5.78 Å². The summed E-state index contributed by atoms with van der Waals surface area (Å²) in [4.78, 5) is 36.5. The lowest BCUT2D eigenvalue weighted by Crippen LogP contribution is -2.28. The van der Waals surface area contributed by atoms with E-state index in [0.29, 0.717) is 48.3 Å². The van der Waals surface area contributed by atoms with Crippen LogP contribution in [0.4, 0.5) is 0 Å². The van der Waals surface area contributed by atoms with E-state index < -0.39 is 22.0 Å². The van der Waals surface area contributed by atoms with Crippen molar-refractivity contribution in [2.75, 3.05) is 6.26 Å². The summed E-state index contributed by atoms with van der Waals surface area (Å²) >= 11 is 0. The average Bonchev–Trinajstić information content (AvgIpc) is 3.29. The third-order valence-corrected chi connectivity index (χ3v) is 6.39. The minimum Gasteiger partial charge on any atom is -0.478 e. The highest BCUT2D eigenvalue weighted by Gasteiger charge is 2.34. The van der Waals surface area contributed by atoms with Crippen LogP contribution in [0, 0.1) is 12.8 Å². The van der Waals surface area contributed by atoms with Crippen LogP contribution in [0.5, 0.6) is 0 Å². The number of aliphatic carboxylic acids is 2. The van der Waals surface area contributed by atoms with Gasteiger partial charge in [-0.25, -0.2) is 27.0 Å². The summed E-state index contributed by atoms with van der Waals surface area (Å²) in [6, 6.07) is 7.23. The van der Waals surface area contributed by atoms with Gasteiger partial charge < -0.3 is 14.8 Å². The second-order valence-electron chi connectivity index (χ2n) is 7.60. The molecule has 0 fully saturated rings. The first-order valence-corrected chi connectivity index (χ1v) is 11.8. The SMILES string of the molecule is Cc1nccn1CC1CCc2c(c3ccccc3n2S(C)(=O)=O)C1=O.O=C(O)/C=C\C(=O)O. The van der Waals surface area contributed by atoms with Gasteiger partial charge in [-0.05, 0) is 25.8 Å². The van der Waals surface area contributed by atoms with Gasteiger partial charge in [-0.15, -0.1) is 0 Å². The van der Waals surface area contributed by atoms with Crippen molar-refractivity contribution in [3.8, 4) is 0 Å². The van der Waals surface area contributed by atoms with Crippen LogP contribution in [0.3, 0.4) is 0 Å². The molecule has 174 valence electrons. The lowest BCUT2D eigenvalue weighted by molar-refractivity contribution is -0.134. The highest BCUT2D eigenvalue weighted by atomic mass is 32.2. The first-order chi connectivity index (χ1) is 15.5. The van der Waals surface area contributed by atoms with E-state index in [4.69, 9.17) is 10.2 Å². The molecular weight excluding hydrogens is 450 g/mol. The van der Waals surface area contributed by atoms with Crippen LogP contribution in [0.2, 0.25) is 0 Å². The minimum atomic E-state index is -3.48. The number of carboxylic acid groups (broad SMARTS) is 2. The largest absolute Gasteiger partial charge is 0.478 e. The van der Waals surface area contributed by atoms with Crippen LogP contribution >= 0.6 is 0 Å². The van der Waals surface area contributed by atoms with Crippen LogP contribution in [0.1, 0.15) is 28.3 Å². The first-order valence-electron chi connectivity index (χ1n) is 9.99. The molecule has 1 atom stereocenters. The van der Waals surface area contributed by atoms with Gasteiger partial charge in [0.2, 0.25) is 10.0 Å². The standard InChI is InChI=1S/C18H19N3O3S.C4H4O4/c1-12-19-9-10-20(12)11-13-7-8-16-17(18(13)22)14-5-3-4-6-15(14)21(16)25(2,23)24;5-3(6)1-2-4(7)8/h3-6,9-10,13H,7-8,11H2,1-2H3;1-2H,(H,5,6)(H,7,8)/b;2-1-. The van der Waals surface area contributed by atoms with E-state index >= 15 is 0 Å². The zero-order valence-corrected chi connectivity index (χ0v) is 18.8. The fourth-order valence-corrected chi connectivity index (χ4v) is 5.04. The number of nitrogens with zero attached hydrogens (tertiary/aromatic N) is 3. The number of imidazole rings is 1. The van der Waals surface area contributed by atoms with E-state index in [0.717, 1.165) is 11.2 Å². The number of hydrogen-bond donors (Lipinski definition) is 2. The Labute approximate surface area is 189 Å². The summed E-state index contributed by atoms with van der Waals surface area (Å²) in [5, 5.41) is 16.3. The number of carboxylic acids is 2. The van der Waals surface area contributed by atoms with Gasteiger partial charge in [0.1, 0.15) is 5.82 Å². The molecule has 3 aromatic rings. The van der Waals surface area contributed by atoms with Gasteiger partial charge in [0.05, 0.1) is 11.8 Å². The molecule has 0 bridgehead atoms. The highest BCUT2D eigenvalue weighted by Crippen LogP contribution is 2.35. The van der Waals surface area contributed by atoms with Gasteiger partial charge in [0.25, 0.3) is 0 Å². The Balaban J connectivity index is 0.000000331. The molecular formula is C22H23N3O7S. The topological polar surface area (TPSA) is 149 Å².